The van der Waals surface area contributed by atoms with Gasteiger partial charge in [0, 0.05) is 36.4 Å². The summed E-state index contributed by atoms with van der Waals surface area (Å²) in [6.07, 6.45) is 8.55. The number of amides is 4. The number of nitrogens with zero attached hydrogens (tertiary/aromatic N) is 3. The second-order valence-corrected chi connectivity index (χ2v) is 16.4. The Morgan fingerprint density at radius 1 is 1.07 bits per heavy atom. The van der Waals surface area contributed by atoms with E-state index in [-0.39, 0.29) is 65.9 Å². The number of rotatable bonds is 23. The third kappa shape index (κ3) is 13.9. The summed E-state index contributed by atoms with van der Waals surface area (Å²) in [7, 11) is 1.98. The summed E-state index contributed by atoms with van der Waals surface area (Å²) in [6, 6.07) is 5.25. The van der Waals surface area contributed by atoms with Crippen molar-refractivity contribution in [1.82, 2.24) is 25.4 Å². The molecule has 1 aliphatic heterocycles. The van der Waals surface area contributed by atoms with Crippen LogP contribution in [-0.2, 0) is 32.0 Å². The maximum atomic E-state index is 14.6. The minimum absolute atomic E-state index is 0.0744. The van der Waals surface area contributed by atoms with Gasteiger partial charge in [0.1, 0.15) is 24.2 Å². The fourth-order valence-electron chi connectivity index (χ4n) is 7.02. The van der Waals surface area contributed by atoms with E-state index in [2.05, 4.69) is 41.3 Å². The molecule has 1 saturated heterocycles. The number of carbonyl (C=O) groups excluding carboxylic acids is 4. The van der Waals surface area contributed by atoms with E-state index in [9.17, 15) is 24.3 Å². The number of hydrogen-bond donors (Lipinski definition) is 4. The van der Waals surface area contributed by atoms with E-state index >= 15 is 0 Å². The Bertz CT molecular complexity index is 1470. The van der Waals surface area contributed by atoms with E-state index in [0.717, 1.165) is 62.1 Å². The van der Waals surface area contributed by atoms with Crippen LogP contribution in [-0.4, -0.2) is 94.6 Å². The smallest absolute Gasteiger partial charge is 0.270 e. The number of likely N-dealkylation sites (tertiary alicyclic amines) is 1. The summed E-state index contributed by atoms with van der Waals surface area (Å²) in [5.41, 5.74) is 6.75. The largest absolute Gasteiger partial charge is 0.508 e. The number of primary amides is 1. The molecule has 5 N–H and O–H groups in total. The van der Waals surface area contributed by atoms with E-state index < -0.39 is 17.9 Å². The molecule has 0 saturated carbocycles. The zero-order chi connectivity index (χ0) is 39.8. The molecule has 0 spiro atoms. The van der Waals surface area contributed by atoms with E-state index in [0.29, 0.717) is 32.3 Å². The molecule has 3 rings (SSSR count). The average molecular weight is 771 g/mol. The standard InChI is InChI=1S/C41H66N6O6S/c1-8-10-13-22-53-26-47(41(52)37(28(5)9-2)45-40(51)35-14-11-12-21-46(35)7)34(27(3)4)19-20-36-44-33(25-54-36)39(50)43-31(23-29(6)38(42)49)24-30-15-17-32(48)18-16-30/h15-18,25,27-29,31,34-35,37,48H,8-14,19-24,26H2,1-7H3,(H2,42,49)(H,43,50)(H,45,51)/t28?,29-,31+,34+,35+,37-/m0/s1. The number of likely N-dealkylation sites (N-methyl/N-ethyl adjacent to an activating group) is 1. The summed E-state index contributed by atoms with van der Waals surface area (Å²) in [4.78, 5) is 62.1. The van der Waals surface area contributed by atoms with Crippen molar-refractivity contribution in [2.24, 2.45) is 23.5 Å². The Kier molecular flexibility index (Phi) is 18.9. The monoisotopic (exact) mass is 770 g/mol. The normalized spacial score (nSPS) is 17.7. The molecule has 302 valence electrons. The number of aromatic nitrogens is 1. The van der Waals surface area contributed by atoms with Crippen molar-refractivity contribution in [3.63, 3.8) is 0 Å². The molecular weight excluding hydrogens is 705 g/mol. The van der Waals surface area contributed by atoms with Crippen LogP contribution in [0.1, 0.15) is 120 Å². The molecule has 1 aliphatic rings. The van der Waals surface area contributed by atoms with Gasteiger partial charge in [0.2, 0.25) is 17.7 Å². The highest BCUT2D eigenvalue weighted by atomic mass is 32.1. The molecule has 54 heavy (non-hydrogen) atoms. The lowest BCUT2D eigenvalue weighted by molar-refractivity contribution is -0.148. The first-order chi connectivity index (χ1) is 25.7. The van der Waals surface area contributed by atoms with Crippen LogP contribution in [0.15, 0.2) is 29.6 Å². The fourth-order valence-corrected chi connectivity index (χ4v) is 7.81. The molecule has 12 nitrogen and oxygen atoms in total. The second-order valence-electron chi connectivity index (χ2n) is 15.5. The van der Waals surface area contributed by atoms with Gasteiger partial charge in [-0.1, -0.05) is 79.4 Å². The number of piperidine rings is 1. The first-order valence-corrected chi connectivity index (χ1v) is 20.8. The van der Waals surface area contributed by atoms with Crippen molar-refractivity contribution in [3.05, 3.63) is 45.9 Å². The number of thiazole rings is 1. The number of aromatic hydroxyl groups is 1. The van der Waals surface area contributed by atoms with Crippen molar-refractivity contribution in [2.75, 3.05) is 26.9 Å². The van der Waals surface area contributed by atoms with Gasteiger partial charge in [-0.2, -0.15) is 0 Å². The molecule has 1 aromatic heterocycles. The maximum absolute atomic E-state index is 14.6. The van der Waals surface area contributed by atoms with Gasteiger partial charge < -0.3 is 31.1 Å². The first kappa shape index (κ1) is 44.8. The number of phenolic OH excluding ortho intramolecular Hbond substituents is 1. The zero-order valence-corrected chi connectivity index (χ0v) is 34.5. The zero-order valence-electron chi connectivity index (χ0n) is 33.6. The summed E-state index contributed by atoms with van der Waals surface area (Å²) in [6.45, 7) is 13.7. The van der Waals surface area contributed by atoms with Crippen molar-refractivity contribution >= 4 is 35.0 Å². The van der Waals surface area contributed by atoms with Gasteiger partial charge in [0.05, 0.1) is 11.0 Å². The van der Waals surface area contributed by atoms with Crippen LogP contribution in [0.2, 0.25) is 0 Å². The Hall–Kier alpha value is -3.55. The number of hydrogen-bond acceptors (Lipinski definition) is 9. The lowest BCUT2D eigenvalue weighted by atomic mass is 9.93. The third-order valence-corrected chi connectivity index (χ3v) is 11.6. The third-order valence-electron chi connectivity index (χ3n) is 10.7. The van der Waals surface area contributed by atoms with Crippen LogP contribution in [0.3, 0.4) is 0 Å². The van der Waals surface area contributed by atoms with Gasteiger partial charge in [-0.25, -0.2) is 4.98 Å². The van der Waals surface area contributed by atoms with Gasteiger partial charge in [0.25, 0.3) is 5.91 Å². The van der Waals surface area contributed by atoms with Gasteiger partial charge in [-0.15, -0.1) is 11.3 Å². The summed E-state index contributed by atoms with van der Waals surface area (Å²) in [5.74, 6) is -1.30. The number of nitrogens with two attached hydrogens (primary N) is 1. The fraction of sp³-hybridized carbons (Fsp3) is 0.683. The average Bonchev–Trinajstić information content (AvgIpc) is 3.62. The van der Waals surface area contributed by atoms with Gasteiger partial charge in [0.15, 0.2) is 0 Å². The van der Waals surface area contributed by atoms with Crippen LogP contribution in [0.25, 0.3) is 0 Å². The molecule has 1 unspecified atom stereocenters. The van der Waals surface area contributed by atoms with Crippen LogP contribution in [0.5, 0.6) is 5.75 Å². The molecule has 1 fully saturated rings. The minimum atomic E-state index is -0.680. The molecule has 6 atom stereocenters. The number of aryl methyl sites for hydroxylation is 1. The maximum Gasteiger partial charge on any atom is 0.270 e. The highest BCUT2D eigenvalue weighted by molar-refractivity contribution is 7.09. The molecule has 13 heteroatoms. The number of carbonyl (C=O) groups is 4. The Morgan fingerprint density at radius 3 is 2.43 bits per heavy atom. The SMILES string of the molecule is CCCCCOCN(C(=O)[C@@H](NC(=O)[C@H]1CCCCN1C)C(C)CC)[C@H](CCc1nc(C(=O)N[C@@H](Cc2ccc(O)cc2)C[C@H](C)C(N)=O)cs1)C(C)C. The van der Waals surface area contributed by atoms with Crippen LogP contribution < -0.4 is 16.4 Å². The quantitative estimate of drug-likeness (QED) is 0.0829. The summed E-state index contributed by atoms with van der Waals surface area (Å²) < 4.78 is 6.14. The van der Waals surface area contributed by atoms with Crippen molar-refractivity contribution in [2.45, 2.75) is 136 Å². The van der Waals surface area contributed by atoms with Crippen LogP contribution in [0, 0.1) is 17.8 Å². The van der Waals surface area contributed by atoms with Gasteiger partial charge in [-0.05, 0) is 81.6 Å². The lowest BCUT2D eigenvalue weighted by Gasteiger charge is -2.39. The Labute approximate surface area is 327 Å². The van der Waals surface area contributed by atoms with E-state index in [1.165, 1.54) is 11.3 Å². The Balaban J connectivity index is 1.78. The highest BCUT2D eigenvalue weighted by Gasteiger charge is 2.37. The summed E-state index contributed by atoms with van der Waals surface area (Å²) >= 11 is 1.40. The predicted octanol–water partition coefficient (Wildman–Crippen LogP) is 5.67. The molecule has 0 aliphatic carbocycles. The number of benzene rings is 1. The van der Waals surface area contributed by atoms with Gasteiger partial charge >= 0.3 is 0 Å². The topological polar surface area (TPSA) is 167 Å². The molecule has 1 aromatic carbocycles. The van der Waals surface area contributed by atoms with Crippen LogP contribution in [0.4, 0.5) is 0 Å². The lowest BCUT2D eigenvalue weighted by Crippen LogP contribution is -2.59. The summed E-state index contributed by atoms with van der Waals surface area (Å²) in [5, 5.41) is 18.4. The minimum Gasteiger partial charge on any atom is -0.508 e. The predicted molar refractivity (Wildman–Crippen MR) is 214 cm³/mol. The highest BCUT2D eigenvalue weighted by Crippen LogP contribution is 2.24. The van der Waals surface area contributed by atoms with Gasteiger partial charge in [-0.3, -0.25) is 24.1 Å². The number of phenols is 1. The van der Waals surface area contributed by atoms with E-state index in [1.54, 1.807) is 36.6 Å². The van der Waals surface area contributed by atoms with E-state index in [1.807, 2.05) is 25.8 Å². The Morgan fingerprint density at radius 2 is 1.80 bits per heavy atom. The van der Waals surface area contributed by atoms with Crippen molar-refractivity contribution < 1.29 is 29.0 Å². The van der Waals surface area contributed by atoms with Crippen molar-refractivity contribution in [1.29, 1.82) is 0 Å². The molecular formula is C41H66N6O6S. The molecule has 0 bridgehead atoms. The number of ether oxygens (including phenoxy) is 1. The number of nitrogens with one attached hydrogen (secondary N) is 2. The molecule has 2 heterocycles. The molecule has 4 amide bonds. The van der Waals surface area contributed by atoms with Crippen LogP contribution >= 0.6 is 11.3 Å². The molecule has 2 aromatic rings. The first-order valence-electron chi connectivity index (χ1n) is 20.0. The van der Waals surface area contributed by atoms with Crippen molar-refractivity contribution in [3.8, 4) is 5.75 Å². The second kappa shape index (κ2) is 22.7. The van der Waals surface area contributed by atoms with E-state index in [4.69, 9.17) is 10.5 Å². The molecule has 0 radical (unpaired) electrons. The number of unbranched alkanes of at least 4 members (excludes halogenated alkanes) is 2.